The number of nitrogens with one attached hydrogen (secondary N) is 1. The maximum absolute atomic E-state index is 11.3. The molecule has 4 nitrogen and oxygen atoms in total. The number of carbonyl (C=O) groups excluding carboxylic acids is 1. The van der Waals surface area contributed by atoms with E-state index in [-0.39, 0.29) is 12.3 Å². The van der Waals surface area contributed by atoms with Gasteiger partial charge < -0.3 is 10.4 Å². The number of anilines is 1. The Morgan fingerprint density at radius 3 is 2.78 bits per heavy atom. The van der Waals surface area contributed by atoms with Crippen molar-refractivity contribution in [2.75, 3.05) is 5.32 Å². The van der Waals surface area contributed by atoms with E-state index < -0.39 is 11.4 Å². The van der Waals surface area contributed by atoms with E-state index in [1.165, 1.54) is 0 Å². The molecule has 18 heavy (non-hydrogen) atoms. The van der Waals surface area contributed by atoms with Gasteiger partial charge in [0, 0.05) is 5.41 Å². The average molecular weight is 268 g/mol. The van der Waals surface area contributed by atoms with Crippen molar-refractivity contribution in [1.82, 2.24) is 0 Å². The second-order valence-corrected chi connectivity index (χ2v) is 5.58. The van der Waals surface area contributed by atoms with Crippen molar-refractivity contribution in [3.8, 4) is 0 Å². The molecule has 1 amide bonds. The molecule has 2 N–H and O–H groups in total. The van der Waals surface area contributed by atoms with Gasteiger partial charge in [0.15, 0.2) is 0 Å². The molecule has 0 saturated heterocycles. The Hall–Kier alpha value is -1.55. The molecule has 0 radical (unpaired) electrons. The number of benzene rings is 1. The summed E-state index contributed by atoms with van der Waals surface area (Å²) in [6.45, 7) is 3.70. The second-order valence-electron chi connectivity index (χ2n) is 5.17. The lowest BCUT2D eigenvalue weighted by molar-refractivity contribution is -0.138. The molecule has 0 unspecified atom stereocenters. The minimum absolute atomic E-state index is 0.0174. The highest BCUT2D eigenvalue weighted by atomic mass is 35.5. The molecule has 0 bridgehead atoms. The van der Waals surface area contributed by atoms with Crippen LogP contribution >= 0.6 is 11.6 Å². The second kappa shape index (κ2) is 4.28. The third-order valence-corrected chi connectivity index (χ3v) is 3.46. The van der Waals surface area contributed by atoms with Gasteiger partial charge in [0.25, 0.3) is 0 Å². The normalized spacial score (nSPS) is 14.3. The molecule has 1 aliphatic rings. The van der Waals surface area contributed by atoms with Gasteiger partial charge in [-0.05, 0) is 17.2 Å². The third-order valence-electron chi connectivity index (χ3n) is 3.16. The molecule has 0 saturated carbocycles. The first-order valence-corrected chi connectivity index (χ1v) is 6.02. The molecular formula is C13H14ClNO3. The summed E-state index contributed by atoms with van der Waals surface area (Å²) >= 11 is 6.12. The van der Waals surface area contributed by atoms with Gasteiger partial charge in [-0.15, -0.1) is 0 Å². The molecule has 2 rings (SSSR count). The van der Waals surface area contributed by atoms with Crippen LogP contribution in [0.2, 0.25) is 5.02 Å². The van der Waals surface area contributed by atoms with Crippen LogP contribution < -0.4 is 5.32 Å². The zero-order chi connectivity index (χ0) is 13.5. The zero-order valence-corrected chi connectivity index (χ0v) is 11.0. The fourth-order valence-corrected chi connectivity index (χ4v) is 2.46. The van der Waals surface area contributed by atoms with E-state index in [1.54, 1.807) is 6.07 Å². The van der Waals surface area contributed by atoms with Gasteiger partial charge >= 0.3 is 5.97 Å². The monoisotopic (exact) mass is 267 g/mol. The van der Waals surface area contributed by atoms with Crippen LogP contribution in [0, 0.1) is 0 Å². The van der Waals surface area contributed by atoms with Crippen molar-refractivity contribution in [3.63, 3.8) is 0 Å². The molecule has 0 spiro atoms. The number of fused-ring (bicyclic) bond motifs is 1. The smallest absolute Gasteiger partial charge is 0.304 e. The van der Waals surface area contributed by atoms with E-state index in [0.717, 1.165) is 11.1 Å². The Kier molecular flexibility index (Phi) is 3.07. The fourth-order valence-electron chi connectivity index (χ4n) is 2.17. The molecule has 0 fully saturated rings. The highest BCUT2D eigenvalue weighted by Crippen LogP contribution is 2.37. The number of hydrogen-bond donors (Lipinski definition) is 2. The molecule has 96 valence electrons. The van der Waals surface area contributed by atoms with Gasteiger partial charge in [-0.1, -0.05) is 31.5 Å². The third kappa shape index (κ3) is 2.34. The highest BCUT2D eigenvalue weighted by Gasteiger charge is 2.28. The Morgan fingerprint density at radius 2 is 2.17 bits per heavy atom. The quantitative estimate of drug-likeness (QED) is 0.885. The topological polar surface area (TPSA) is 66.4 Å². The van der Waals surface area contributed by atoms with Gasteiger partial charge in [0.1, 0.15) is 0 Å². The first-order valence-electron chi connectivity index (χ1n) is 5.64. The Morgan fingerprint density at radius 1 is 1.50 bits per heavy atom. The lowest BCUT2D eigenvalue weighted by atomic mass is 9.81. The molecule has 1 aliphatic heterocycles. The van der Waals surface area contributed by atoms with Crippen LogP contribution in [0.15, 0.2) is 12.1 Å². The number of carbonyl (C=O) groups is 2. The molecule has 1 aromatic carbocycles. The van der Waals surface area contributed by atoms with Crippen LogP contribution in [0.25, 0.3) is 0 Å². The van der Waals surface area contributed by atoms with E-state index in [1.807, 2.05) is 19.9 Å². The van der Waals surface area contributed by atoms with Crippen LogP contribution in [-0.2, 0) is 21.4 Å². The first kappa shape index (κ1) is 12.9. The van der Waals surface area contributed by atoms with Gasteiger partial charge in [-0.25, -0.2) is 0 Å². The SMILES string of the molecule is CC(C)(CC(=O)O)c1cc(Cl)c2c(c1)CC(=O)N2. The minimum Gasteiger partial charge on any atom is -0.481 e. The van der Waals surface area contributed by atoms with Crippen molar-refractivity contribution in [2.24, 2.45) is 0 Å². The molecule has 0 aliphatic carbocycles. The number of carboxylic acids is 1. The maximum atomic E-state index is 11.3. The van der Waals surface area contributed by atoms with Crippen LogP contribution in [0.5, 0.6) is 0 Å². The van der Waals surface area contributed by atoms with Crippen molar-refractivity contribution in [2.45, 2.75) is 32.1 Å². The summed E-state index contributed by atoms with van der Waals surface area (Å²) in [5, 5.41) is 12.1. The summed E-state index contributed by atoms with van der Waals surface area (Å²) in [5.74, 6) is -0.939. The summed E-state index contributed by atoms with van der Waals surface area (Å²) in [6, 6.07) is 3.59. The van der Waals surface area contributed by atoms with Crippen LogP contribution in [-0.4, -0.2) is 17.0 Å². The summed E-state index contributed by atoms with van der Waals surface area (Å²) in [4.78, 5) is 22.2. The summed E-state index contributed by atoms with van der Waals surface area (Å²) < 4.78 is 0. The van der Waals surface area contributed by atoms with Crippen LogP contribution in [0.3, 0.4) is 0 Å². The van der Waals surface area contributed by atoms with Crippen molar-refractivity contribution in [3.05, 3.63) is 28.3 Å². The highest BCUT2D eigenvalue weighted by molar-refractivity contribution is 6.34. The van der Waals surface area contributed by atoms with Crippen molar-refractivity contribution < 1.29 is 14.7 Å². The number of amides is 1. The standard InChI is InChI=1S/C13H14ClNO3/c1-13(2,6-11(17)18)8-3-7-4-10(16)15-12(7)9(14)5-8/h3,5H,4,6H2,1-2H3,(H,15,16)(H,17,18). The summed E-state index contributed by atoms with van der Waals surface area (Å²) in [6.07, 6.45) is 0.315. The Balaban J connectivity index is 2.43. The van der Waals surface area contributed by atoms with E-state index in [2.05, 4.69) is 5.32 Å². The van der Waals surface area contributed by atoms with Gasteiger partial charge in [0.05, 0.1) is 23.6 Å². The number of halogens is 1. The summed E-state index contributed by atoms with van der Waals surface area (Å²) in [5.41, 5.74) is 1.80. The molecule has 1 aromatic rings. The molecular weight excluding hydrogens is 254 g/mol. The van der Waals surface area contributed by atoms with E-state index in [0.29, 0.717) is 17.1 Å². The van der Waals surface area contributed by atoms with Crippen molar-refractivity contribution in [1.29, 1.82) is 0 Å². The molecule has 0 aromatic heterocycles. The lowest BCUT2D eigenvalue weighted by Gasteiger charge is -2.24. The fraction of sp³-hybridized carbons (Fsp3) is 0.385. The number of rotatable bonds is 3. The molecule has 0 atom stereocenters. The predicted octanol–water partition coefficient (Wildman–Crippen LogP) is 2.59. The first-order chi connectivity index (χ1) is 8.29. The Labute approximate surface area is 110 Å². The van der Waals surface area contributed by atoms with Gasteiger partial charge in [-0.3, -0.25) is 9.59 Å². The Bertz CT molecular complexity index is 537. The van der Waals surface area contributed by atoms with Gasteiger partial charge in [-0.2, -0.15) is 0 Å². The number of hydrogen-bond acceptors (Lipinski definition) is 2. The maximum Gasteiger partial charge on any atom is 0.304 e. The molecule has 1 heterocycles. The largest absolute Gasteiger partial charge is 0.481 e. The number of carboxylic acid groups (broad SMARTS) is 1. The number of aliphatic carboxylic acids is 1. The van der Waals surface area contributed by atoms with Crippen LogP contribution in [0.1, 0.15) is 31.4 Å². The van der Waals surface area contributed by atoms with E-state index in [4.69, 9.17) is 16.7 Å². The summed E-state index contributed by atoms with van der Waals surface area (Å²) in [7, 11) is 0. The van der Waals surface area contributed by atoms with Gasteiger partial charge in [0.2, 0.25) is 5.91 Å². The van der Waals surface area contributed by atoms with E-state index in [9.17, 15) is 9.59 Å². The molecule has 5 heteroatoms. The average Bonchev–Trinajstić information content (AvgIpc) is 2.57. The lowest BCUT2D eigenvalue weighted by Crippen LogP contribution is -2.21. The van der Waals surface area contributed by atoms with Crippen LogP contribution in [0.4, 0.5) is 5.69 Å². The van der Waals surface area contributed by atoms with E-state index >= 15 is 0 Å². The zero-order valence-electron chi connectivity index (χ0n) is 10.2. The minimum atomic E-state index is -0.856. The van der Waals surface area contributed by atoms with Crippen molar-refractivity contribution >= 4 is 29.2 Å². The predicted molar refractivity (Wildman–Crippen MR) is 69.1 cm³/mol.